The van der Waals surface area contributed by atoms with Gasteiger partial charge in [0, 0.05) is 76.9 Å². The van der Waals surface area contributed by atoms with Crippen molar-refractivity contribution >= 4 is 46.2 Å². The lowest BCUT2D eigenvalue weighted by Gasteiger charge is -2.41. The molecule has 1 aromatic heterocycles. The second-order valence-electron chi connectivity index (χ2n) is 12.9. The fourth-order valence-corrected chi connectivity index (χ4v) is 7.25. The quantitative estimate of drug-likeness (QED) is 0.0595. The molecule has 2 heterocycles. The molecule has 1 aliphatic heterocycles. The average molecular weight is 826 g/mol. The van der Waals surface area contributed by atoms with Gasteiger partial charge in [-0.1, -0.05) is 60.7 Å². The maximum absolute atomic E-state index is 14.7. The van der Waals surface area contributed by atoms with Crippen LogP contribution < -0.4 is 4.90 Å². The lowest BCUT2D eigenvalue weighted by atomic mass is 10.0. The van der Waals surface area contributed by atoms with Crippen LogP contribution in [0.15, 0.2) is 109 Å². The highest BCUT2D eigenvalue weighted by Gasteiger charge is 2.45. The van der Waals surface area contributed by atoms with Crippen molar-refractivity contribution in [2.45, 2.75) is 29.2 Å². The van der Waals surface area contributed by atoms with Gasteiger partial charge in [0.2, 0.25) is 5.91 Å². The van der Waals surface area contributed by atoms with Crippen LogP contribution in [0.25, 0.3) is 6.08 Å². The molecule has 2 amide bonds. The number of rotatable bonds is 14. The number of alkyl halides is 4. The maximum atomic E-state index is 14.7. The molecule has 3 aromatic carbocycles. The van der Waals surface area contributed by atoms with Crippen LogP contribution in [0.4, 0.5) is 18.9 Å². The van der Waals surface area contributed by atoms with Crippen LogP contribution in [-0.2, 0) is 40.0 Å². The van der Waals surface area contributed by atoms with E-state index in [9.17, 15) is 22.8 Å². The number of amides is 2. The SMILES string of the molecule is CN(CCN(C)C(=O)C(I)(Cc1ccccc1)N(Cc1ccc(N2CCOCC2)cc1)C(=O)C=Cc1ccc(C(F)(F)F)cc1)Cc1cccnc1. The summed E-state index contributed by atoms with van der Waals surface area (Å²) >= 11 is 2.12. The molecule has 0 bridgehead atoms. The number of pyridine rings is 1. The van der Waals surface area contributed by atoms with Gasteiger partial charge in [-0.2, -0.15) is 13.2 Å². The first-order valence-corrected chi connectivity index (χ1v) is 18.1. The van der Waals surface area contributed by atoms with E-state index in [1.165, 1.54) is 24.3 Å². The van der Waals surface area contributed by atoms with E-state index in [0.717, 1.165) is 47.6 Å². The summed E-state index contributed by atoms with van der Waals surface area (Å²) < 4.78 is 43.7. The summed E-state index contributed by atoms with van der Waals surface area (Å²) in [5.74, 6) is -0.689. The largest absolute Gasteiger partial charge is 0.416 e. The monoisotopic (exact) mass is 825 g/mol. The number of nitrogens with zero attached hydrogens (tertiary/aromatic N) is 5. The van der Waals surface area contributed by atoms with Crippen molar-refractivity contribution in [1.29, 1.82) is 0 Å². The minimum Gasteiger partial charge on any atom is -0.378 e. The van der Waals surface area contributed by atoms with Crippen molar-refractivity contribution in [2.75, 3.05) is 58.4 Å². The van der Waals surface area contributed by atoms with Crippen LogP contribution in [0, 0.1) is 0 Å². The molecule has 274 valence electrons. The summed E-state index contributed by atoms with van der Waals surface area (Å²) in [6, 6.07) is 26.0. The standard InChI is InChI=1S/C40H43F3IN5O3/c1-46(29-34-9-6-20-45-28-34)21-22-47(2)38(51)39(44,27-32-7-4-3-5-8-32)49(30-33-12-17-36(18-13-33)48-23-25-52-26-24-48)37(50)19-14-31-10-15-35(16-11-31)40(41,42)43/h3-20,28H,21-27,29-30H2,1-2H3. The first kappa shape index (κ1) is 38.9. The molecule has 1 unspecified atom stereocenters. The summed E-state index contributed by atoms with van der Waals surface area (Å²) in [4.78, 5) is 40.8. The Labute approximate surface area is 317 Å². The molecular weight excluding hydrogens is 782 g/mol. The number of ether oxygens (including phenoxy) is 1. The molecule has 4 aromatic rings. The minimum atomic E-state index is -4.47. The third-order valence-electron chi connectivity index (χ3n) is 8.95. The van der Waals surface area contributed by atoms with Crippen LogP contribution in [-0.4, -0.2) is 88.5 Å². The van der Waals surface area contributed by atoms with E-state index in [1.807, 2.05) is 80.0 Å². The van der Waals surface area contributed by atoms with E-state index in [4.69, 9.17) is 4.74 Å². The van der Waals surface area contributed by atoms with Gasteiger partial charge in [-0.3, -0.25) is 14.6 Å². The van der Waals surface area contributed by atoms with Crippen LogP contribution in [0.1, 0.15) is 27.8 Å². The fraction of sp³-hybridized carbons (Fsp3) is 0.325. The van der Waals surface area contributed by atoms with Crippen LogP contribution in [0.5, 0.6) is 0 Å². The molecule has 12 heteroatoms. The number of aromatic nitrogens is 1. The van der Waals surface area contributed by atoms with E-state index in [-0.39, 0.29) is 18.9 Å². The molecular formula is C40H43F3IN5O3. The van der Waals surface area contributed by atoms with Crippen LogP contribution in [0.3, 0.4) is 0 Å². The van der Waals surface area contributed by atoms with Crippen molar-refractivity contribution in [1.82, 2.24) is 19.7 Å². The van der Waals surface area contributed by atoms with Gasteiger partial charge in [-0.25, -0.2) is 0 Å². The van der Waals surface area contributed by atoms with Crippen LogP contribution in [0.2, 0.25) is 0 Å². The molecule has 0 saturated carbocycles. The lowest BCUT2D eigenvalue weighted by molar-refractivity contribution is -0.144. The van der Waals surface area contributed by atoms with Gasteiger partial charge in [-0.15, -0.1) is 0 Å². The minimum absolute atomic E-state index is 0.121. The molecule has 0 spiro atoms. The second kappa shape index (κ2) is 18.0. The zero-order valence-corrected chi connectivity index (χ0v) is 31.5. The third kappa shape index (κ3) is 10.6. The highest BCUT2D eigenvalue weighted by Crippen LogP contribution is 2.34. The fourth-order valence-electron chi connectivity index (χ4n) is 5.98. The summed E-state index contributed by atoms with van der Waals surface area (Å²) in [6.45, 7) is 4.65. The van der Waals surface area contributed by atoms with E-state index in [1.54, 1.807) is 23.0 Å². The summed E-state index contributed by atoms with van der Waals surface area (Å²) in [5.41, 5.74) is 3.46. The predicted octanol–water partition coefficient (Wildman–Crippen LogP) is 6.94. The van der Waals surface area contributed by atoms with Gasteiger partial charge in [0.15, 0.2) is 3.55 Å². The number of carbonyl (C=O) groups excluding carboxylic acids is 2. The lowest BCUT2D eigenvalue weighted by Crippen LogP contribution is -2.58. The Hall–Kier alpha value is -4.27. The summed E-state index contributed by atoms with van der Waals surface area (Å²) in [5, 5.41) is 0. The Balaban J connectivity index is 1.45. The van der Waals surface area contributed by atoms with E-state index >= 15 is 0 Å². The molecule has 0 radical (unpaired) electrons. The Morgan fingerprint density at radius 1 is 0.846 bits per heavy atom. The maximum Gasteiger partial charge on any atom is 0.416 e. The molecule has 5 rings (SSSR count). The number of likely N-dealkylation sites (N-methyl/N-ethyl adjacent to an activating group) is 2. The first-order chi connectivity index (χ1) is 24.9. The predicted molar refractivity (Wildman–Crippen MR) is 206 cm³/mol. The van der Waals surface area contributed by atoms with E-state index < -0.39 is 21.2 Å². The number of anilines is 1. The van der Waals surface area contributed by atoms with Crippen LogP contribution >= 0.6 is 22.6 Å². The highest BCUT2D eigenvalue weighted by molar-refractivity contribution is 14.1. The Kier molecular flexibility index (Phi) is 13.5. The molecule has 1 fully saturated rings. The van der Waals surface area contributed by atoms with Gasteiger partial charge in [0.25, 0.3) is 5.91 Å². The summed E-state index contributed by atoms with van der Waals surface area (Å²) in [7, 11) is 3.73. The number of benzene rings is 3. The zero-order chi connectivity index (χ0) is 37.1. The molecule has 1 saturated heterocycles. The normalized spacial score (nSPS) is 14.7. The Bertz CT molecular complexity index is 1770. The number of morpholine rings is 1. The van der Waals surface area contributed by atoms with E-state index in [2.05, 4.69) is 37.4 Å². The number of carbonyl (C=O) groups is 2. The molecule has 52 heavy (non-hydrogen) atoms. The van der Waals surface area contributed by atoms with Gasteiger partial charge >= 0.3 is 6.18 Å². The molecule has 1 aliphatic rings. The van der Waals surface area contributed by atoms with E-state index in [0.29, 0.717) is 38.4 Å². The van der Waals surface area contributed by atoms with Crippen molar-refractivity contribution in [3.8, 4) is 0 Å². The van der Waals surface area contributed by atoms with Gasteiger partial charge in [0.1, 0.15) is 0 Å². The summed E-state index contributed by atoms with van der Waals surface area (Å²) in [6.07, 6.45) is 2.12. The van der Waals surface area contributed by atoms with Crippen molar-refractivity contribution in [3.63, 3.8) is 0 Å². The number of hydrogen-bond acceptors (Lipinski definition) is 6. The zero-order valence-electron chi connectivity index (χ0n) is 29.3. The van der Waals surface area contributed by atoms with Crippen molar-refractivity contribution < 1.29 is 27.5 Å². The Morgan fingerprint density at radius 3 is 2.15 bits per heavy atom. The number of halogens is 4. The Morgan fingerprint density at radius 2 is 1.52 bits per heavy atom. The van der Waals surface area contributed by atoms with Crippen molar-refractivity contribution in [3.05, 3.63) is 137 Å². The smallest absolute Gasteiger partial charge is 0.378 e. The highest BCUT2D eigenvalue weighted by atomic mass is 127. The topological polar surface area (TPSA) is 69.2 Å². The van der Waals surface area contributed by atoms with Gasteiger partial charge < -0.3 is 24.3 Å². The first-order valence-electron chi connectivity index (χ1n) is 17.1. The molecule has 8 nitrogen and oxygen atoms in total. The van der Waals surface area contributed by atoms with Gasteiger partial charge in [0.05, 0.1) is 18.8 Å². The number of hydrogen-bond donors (Lipinski definition) is 0. The second-order valence-corrected chi connectivity index (χ2v) is 14.7. The molecule has 0 aliphatic carbocycles. The molecule has 0 N–H and O–H groups in total. The van der Waals surface area contributed by atoms with Crippen molar-refractivity contribution in [2.24, 2.45) is 0 Å². The molecule has 1 atom stereocenters. The average Bonchev–Trinajstić information content (AvgIpc) is 3.16. The third-order valence-corrected chi connectivity index (χ3v) is 10.4. The van der Waals surface area contributed by atoms with Gasteiger partial charge in [-0.05, 0) is 88.3 Å².